The molecule has 1 aliphatic carbocycles. The Morgan fingerprint density at radius 3 is 2.67 bits per heavy atom. The zero-order valence-corrected chi connectivity index (χ0v) is 9.96. The minimum absolute atomic E-state index is 0.00356. The molecule has 1 aromatic carbocycles. The van der Waals surface area contributed by atoms with Gasteiger partial charge in [-0.25, -0.2) is 0 Å². The quantitative estimate of drug-likeness (QED) is 0.634. The number of nitrogens with two attached hydrogens (primary N) is 1. The van der Waals surface area contributed by atoms with E-state index in [0.717, 1.165) is 0 Å². The molecule has 2 N–H and O–H groups in total. The van der Waals surface area contributed by atoms with Crippen LogP contribution in [0.15, 0.2) is 30.4 Å². The van der Waals surface area contributed by atoms with Gasteiger partial charge in [0.05, 0.1) is 0 Å². The second kappa shape index (κ2) is 4.46. The van der Waals surface area contributed by atoms with Gasteiger partial charge in [0.1, 0.15) is 13.2 Å². The number of carbonyl (C=O) groups excluding carboxylic acids is 1. The van der Waals surface area contributed by atoms with Gasteiger partial charge in [0.25, 0.3) is 0 Å². The van der Waals surface area contributed by atoms with Crippen LogP contribution in [0.25, 0.3) is 0 Å². The lowest BCUT2D eigenvalue weighted by atomic mass is 9.96. The molecule has 2 atom stereocenters. The molecule has 18 heavy (non-hydrogen) atoms. The fourth-order valence-corrected chi connectivity index (χ4v) is 2.33. The van der Waals surface area contributed by atoms with Crippen LogP contribution in [0.2, 0.25) is 0 Å². The topological polar surface area (TPSA) is 61.6 Å². The third-order valence-electron chi connectivity index (χ3n) is 3.28. The summed E-state index contributed by atoms with van der Waals surface area (Å²) in [5, 5.41) is 0. The summed E-state index contributed by atoms with van der Waals surface area (Å²) in [5.74, 6) is 1.34. The fraction of sp³-hybridized carbons (Fsp3) is 0.357. The van der Waals surface area contributed by atoms with E-state index in [4.69, 9.17) is 15.2 Å². The fourth-order valence-electron chi connectivity index (χ4n) is 2.33. The number of fused-ring (bicyclic) bond motifs is 1. The highest BCUT2D eigenvalue weighted by Gasteiger charge is 2.25. The van der Waals surface area contributed by atoms with Gasteiger partial charge in [-0.1, -0.05) is 12.2 Å². The van der Waals surface area contributed by atoms with Gasteiger partial charge in [-0.15, -0.1) is 0 Å². The number of ether oxygens (including phenoxy) is 2. The number of Topliss-reactive ketones (excluding diaryl/α,β-unsaturated/α-hetero) is 1. The van der Waals surface area contributed by atoms with Gasteiger partial charge in [-0.2, -0.15) is 0 Å². The van der Waals surface area contributed by atoms with Crippen LogP contribution in [0, 0.1) is 5.92 Å². The number of rotatable bonds is 2. The summed E-state index contributed by atoms with van der Waals surface area (Å²) in [6.45, 7) is 1.08. The lowest BCUT2D eigenvalue weighted by Crippen LogP contribution is -2.20. The van der Waals surface area contributed by atoms with Crippen LogP contribution in [0.4, 0.5) is 0 Å². The molecule has 0 radical (unpaired) electrons. The second-order valence-corrected chi connectivity index (χ2v) is 4.61. The zero-order chi connectivity index (χ0) is 12.5. The van der Waals surface area contributed by atoms with E-state index in [9.17, 15) is 4.79 Å². The lowest BCUT2D eigenvalue weighted by Gasteiger charge is -2.19. The van der Waals surface area contributed by atoms with Crippen LogP contribution in [-0.4, -0.2) is 25.0 Å². The van der Waals surface area contributed by atoms with Gasteiger partial charge in [0.15, 0.2) is 17.3 Å². The van der Waals surface area contributed by atoms with Crippen molar-refractivity contribution in [1.82, 2.24) is 0 Å². The van der Waals surface area contributed by atoms with Gasteiger partial charge in [0, 0.05) is 17.5 Å². The molecule has 0 aromatic heterocycles. The Morgan fingerprint density at radius 2 is 1.94 bits per heavy atom. The Hall–Kier alpha value is -1.81. The predicted molar refractivity (Wildman–Crippen MR) is 67.0 cm³/mol. The number of hydrogen-bond donors (Lipinski definition) is 1. The van der Waals surface area contributed by atoms with E-state index in [2.05, 4.69) is 0 Å². The number of benzene rings is 1. The molecule has 94 valence electrons. The molecule has 1 heterocycles. The van der Waals surface area contributed by atoms with Crippen molar-refractivity contribution >= 4 is 5.78 Å². The summed E-state index contributed by atoms with van der Waals surface area (Å²) < 4.78 is 10.9. The first-order chi connectivity index (χ1) is 8.74. The van der Waals surface area contributed by atoms with E-state index in [1.54, 1.807) is 18.2 Å². The highest BCUT2D eigenvalue weighted by molar-refractivity contribution is 5.99. The van der Waals surface area contributed by atoms with Gasteiger partial charge in [-0.05, 0) is 24.6 Å². The number of hydrogen-bond acceptors (Lipinski definition) is 4. The third kappa shape index (κ3) is 1.99. The first-order valence-corrected chi connectivity index (χ1v) is 6.12. The average molecular weight is 245 g/mol. The highest BCUT2D eigenvalue weighted by atomic mass is 16.6. The van der Waals surface area contributed by atoms with Gasteiger partial charge in [-0.3, -0.25) is 4.79 Å². The molecule has 2 aliphatic rings. The van der Waals surface area contributed by atoms with Crippen LogP contribution in [0.5, 0.6) is 11.5 Å². The summed E-state index contributed by atoms with van der Waals surface area (Å²) in [6.07, 6.45) is 4.47. The summed E-state index contributed by atoms with van der Waals surface area (Å²) in [5.41, 5.74) is 6.42. The van der Waals surface area contributed by atoms with Crippen LogP contribution in [-0.2, 0) is 0 Å². The van der Waals surface area contributed by atoms with Crippen LogP contribution in [0.1, 0.15) is 16.8 Å². The van der Waals surface area contributed by atoms with Crippen LogP contribution < -0.4 is 15.2 Å². The molecule has 0 fully saturated rings. The average Bonchev–Trinajstić information content (AvgIpc) is 2.84. The van der Waals surface area contributed by atoms with Crippen LogP contribution in [0.3, 0.4) is 0 Å². The van der Waals surface area contributed by atoms with Gasteiger partial charge in [0.2, 0.25) is 0 Å². The molecule has 4 nitrogen and oxygen atoms in total. The molecular formula is C14H15NO3. The number of ketones is 1. The molecule has 3 rings (SSSR count). The third-order valence-corrected chi connectivity index (χ3v) is 3.28. The normalized spacial score (nSPS) is 25.2. The molecule has 0 amide bonds. The van der Waals surface area contributed by atoms with E-state index >= 15 is 0 Å². The molecule has 0 spiro atoms. The second-order valence-electron chi connectivity index (χ2n) is 4.61. The van der Waals surface area contributed by atoms with Gasteiger partial charge >= 0.3 is 0 Å². The first-order valence-electron chi connectivity index (χ1n) is 6.12. The molecule has 0 saturated heterocycles. The Kier molecular flexibility index (Phi) is 2.80. The number of allylic oxidation sites excluding steroid dienone is 1. The number of carbonyl (C=O) groups is 1. The molecule has 1 aromatic rings. The minimum atomic E-state index is -0.109. The Labute approximate surface area is 105 Å². The molecule has 2 unspecified atom stereocenters. The van der Waals surface area contributed by atoms with Crippen molar-refractivity contribution in [3.63, 3.8) is 0 Å². The van der Waals surface area contributed by atoms with Crippen molar-refractivity contribution in [1.29, 1.82) is 0 Å². The smallest absolute Gasteiger partial charge is 0.169 e. The Bertz CT molecular complexity index is 510. The summed E-state index contributed by atoms with van der Waals surface area (Å²) in [4.78, 5) is 12.3. The summed E-state index contributed by atoms with van der Waals surface area (Å²) in [6, 6.07) is 5.33. The van der Waals surface area contributed by atoms with Crippen molar-refractivity contribution in [2.45, 2.75) is 12.5 Å². The standard InChI is InChI=1S/C14H15NO3/c15-11-3-1-9(7-11)14(16)10-2-4-12-13(8-10)18-6-5-17-12/h1-4,8-9,11H,5-7,15H2. The predicted octanol–water partition coefficient (Wildman–Crippen LogP) is 1.54. The Balaban J connectivity index is 1.84. The molecule has 0 saturated carbocycles. The lowest BCUT2D eigenvalue weighted by molar-refractivity contribution is 0.0941. The SMILES string of the molecule is NC1C=CC(C(=O)c2ccc3c(c2)OCCO3)C1. The maximum Gasteiger partial charge on any atom is 0.169 e. The summed E-state index contributed by atoms with van der Waals surface area (Å²) in [7, 11) is 0. The minimum Gasteiger partial charge on any atom is -0.486 e. The zero-order valence-electron chi connectivity index (χ0n) is 9.96. The van der Waals surface area contributed by atoms with E-state index < -0.39 is 0 Å². The Morgan fingerprint density at radius 1 is 1.17 bits per heavy atom. The van der Waals surface area contributed by atoms with E-state index in [-0.39, 0.29) is 17.7 Å². The maximum absolute atomic E-state index is 12.3. The largest absolute Gasteiger partial charge is 0.486 e. The van der Waals surface area contributed by atoms with E-state index in [1.807, 2.05) is 12.2 Å². The van der Waals surface area contributed by atoms with E-state index in [1.165, 1.54) is 0 Å². The first kappa shape index (κ1) is 11.3. The van der Waals surface area contributed by atoms with Crippen molar-refractivity contribution < 1.29 is 14.3 Å². The molecule has 4 heteroatoms. The molecule has 1 aliphatic heterocycles. The molecule has 0 bridgehead atoms. The van der Waals surface area contributed by atoms with Gasteiger partial charge < -0.3 is 15.2 Å². The van der Waals surface area contributed by atoms with E-state index in [0.29, 0.717) is 36.7 Å². The van der Waals surface area contributed by atoms with Crippen LogP contribution >= 0.6 is 0 Å². The molecular weight excluding hydrogens is 230 g/mol. The summed E-state index contributed by atoms with van der Waals surface area (Å²) >= 11 is 0. The van der Waals surface area contributed by atoms with Crippen molar-refractivity contribution in [2.75, 3.05) is 13.2 Å². The van der Waals surface area contributed by atoms with Crippen molar-refractivity contribution in [3.8, 4) is 11.5 Å². The maximum atomic E-state index is 12.3. The monoisotopic (exact) mass is 245 g/mol. The highest BCUT2D eigenvalue weighted by Crippen LogP contribution is 2.32. The van der Waals surface area contributed by atoms with Crippen molar-refractivity contribution in [2.24, 2.45) is 11.7 Å². The van der Waals surface area contributed by atoms with Crippen molar-refractivity contribution in [3.05, 3.63) is 35.9 Å².